The zero-order chi connectivity index (χ0) is 12.3. The molecule has 7 heteroatoms. The second-order valence-electron chi connectivity index (χ2n) is 3.20. The summed E-state index contributed by atoms with van der Waals surface area (Å²) in [4.78, 5) is 20.6. The van der Waals surface area contributed by atoms with E-state index in [0.29, 0.717) is 11.3 Å². The van der Waals surface area contributed by atoms with E-state index in [1.54, 1.807) is 6.92 Å². The molecule has 0 atom stereocenters. The average Bonchev–Trinajstić information content (AvgIpc) is 2.18. The van der Waals surface area contributed by atoms with Crippen molar-refractivity contribution < 1.29 is 9.72 Å². The third-order valence-electron chi connectivity index (χ3n) is 1.94. The van der Waals surface area contributed by atoms with Crippen molar-refractivity contribution in [2.45, 2.75) is 6.92 Å². The fraction of sp³-hybridized carbons (Fsp3) is 0.222. The van der Waals surface area contributed by atoms with E-state index in [-0.39, 0.29) is 17.3 Å². The monoisotopic (exact) mass is 243 g/mol. The number of aryl methyl sites for hydroxylation is 1. The van der Waals surface area contributed by atoms with Gasteiger partial charge in [0.1, 0.15) is 5.02 Å². The predicted molar refractivity (Wildman–Crippen MR) is 60.5 cm³/mol. The van der Waals surface area contributed by atoms with Gasteiger partial charge >= 0.3 is 0 Å². The summed E-state index contributed by atoms with van der Waals surface area (Å²) in [5.41, 5.74) is 5.97. The molecule has 0 aromatic heterocycles. The van der Waals surface area contributed by atoms with Gasteiger partial charge in [-0.15, -0.1) is 0 Å². The number of carbonyl (C=O) groups excluding carboxylic acids is 1. The molecule has 86 valence electrons. The molecule has 0 unspecified atom stereocenters. The van der Waals surface area contributed by atoms with Gasteiger partial charge in [-0.1, -0.05) is 11.6 Å². The molecule has 1 rings (SSSR count). The normalized spacial score (nSPS) is 9.88. The summed E-state index contributed by atoms with van der Waals surface area (Å²) in [7, 11) is 0. The number of hydrogen-bond donors (Lipinski definition) is 2. The van der Waals surface area contributed by atoms with Crippen LogP contribution in [0.5, 0.6) is 0 Å². The van der Waals surface area contributed by atoms with E-state index in [2.05, 4.69) is 5.32 Å². The van der Waals surface area contributed by atoms with E-state index < -0.39 is 10.8 Å². The first-order chi connectivity index (χ1) is 7.41. The summed E-state index contributed by atoms with van der Waals surface area (Å²) >= 11 is 5.71. The number of nitro benzene ring substituents is 1. The smallest absolute Gasteiger partial charge is 0.288 e. The lowest BCUT2D eigenvalue weighted by atomic mass is 10.2. The van der Waals surface area contributed by atoms with Crippen LogP contribution in [0.15, 0.2) is 12.1 Å². The Hall–Kier alpha value is -1.82. The third-order valence-corrected chi connectivity index (χ3v) is 2.25. The first-order valence-electron chi connectivity index (χ1n) is 4.38. The van der Waals surface area contributed by atoms with E-state index >= 15 is 0 Å². The maximum Gasteiger partial charge on any atom is 0.288 e. The molecule has 0 radical (unpaired) electrons. The highest BCUT2D eigenvalue weighted by Crippen LogP contribution is 2.30. The van der Waals surface area contributed by atoms with Crippen molar-refractivity contribution in [1.82, 2.24) is 0 Å². The highest BCUT2D eigenvalue weighted by Gasteiger charge is 2.14. The zero-order valence-corrected chi connectivity index (χ0v) is 9.25. The van der Waals surface area contributed by atoms with Crippen molar-refractivity contribution in [2.24, 2.45) is 5.73 Å². The number of hydrogen-bond acceptors (Lipinski definition) is 4. The molecule has 0 heterocycles. The molecule has 1 amide bonds. The van der Waals surface area contributed by atoms with Crippen LogP contribution in [0.3, 0.4) is 0 Å². The van der Waals surface area contributed by atoms with Crippen LogP contribution in [0.4, 0.5) is 11.4 Å². The minimum absolute atomic E-state index is 0.0163. The van der Waals surface area contributed by atoms with Gasteiger partial charge in [-0.2, -0.15) is 0 Å². The number of amides is 1. The maximum atomic E-state index is 10.6. The van der Waals surface area contributed by atoms with Crippen LogP contribution >= 0.6 is 11.6 Å². The summed E-state index contributed by atoms with van der Waals surface area (Å²) < 4.78 is 0. The molecular formula is C9H10ClN3O3. The van der Waals surface area contributed by atoms with Gasteiger partial charge in [0.15, 0.2) is 0 Å². The van der Waals surface area contributed by atoms with Crippen molar-refractivity contribution >= 4 is 28.9 Å². The van der Waals surface area contributed by atoms with E-state index in [9.17, 15) is 14.9 Å². The summed E-state index contributed by atoms with van der Waals surface area (Å²) in [6.45, 7) is 1.63. The number of nitro groups is 1. The van der Waals surface area contributed by atoms with Gasteiger partial charge in [0.25, 0.3) is 5.69 Å². The number of anilines is 1. The number of carbonyl (C=O) groups is 1. The van der Waals surface area contributed by atoms with Crippen molar-refractivity contribution in [3.05, 3.63) is 32.8 Å². The van der Waals surface area contributed by atoms with E-state index in [4.69, 9.17) is 17.3 Å². The van der Waals surface area contributed by atoms with Gasteiger partial charge in [0.2, 0.25) is 5.91 Å². The summed E-state index contributed by atoms with van der Waals surface area (Å²) in [6, 6.07) is 2.74. The number of nitrogens with one attached hydrogen (secondary N) is 1. The minimum atomic E-state index is -0.562. The maximum absolute atomic E-state index is 10.6. The fourth-order valence-corrected chi connectivity index (χ4v) is 1.41. The lowest BCUT2D eigenvalue weighted by Gasteiger charge is -2.08. The molecule has 0 spiro atoms. The standard InChI is InChI=1S/C9H10ClN3O3/c1-5-2-8(13(15)16)6(10)3-7(5)12-4-9(11)14/h2-3,12H,4H2,1H3,(H2,11,14). The Balaban J connectivity index is 3.01. The lowest BCUT2D eigenvalue weighted by Crippen LogP contribution is -2.22. The molecule has 16 heavy (non-hydrogen) atoms. The van der Waals surface area contributed by atoms with Crippen molar-refractivity contribution in [3.8, 4) is 0 Å². The van der Waals surface area contributed by atoms with Crippen molar-refractivity contribution in [1.29, 1.82) is 0 Å². The Morgan fingerprint density at radius 1 is 1.62 bits per heavy atom. The van der Waals surface area contributed by atoms with Crippen LogP contribution in [0.1, 0.15) is 5.56 Å². The molecule has 0 aliphatic rings. The van der Waals surface area contributed by atoms with Gasteiger partial charge in [0.05, 0.1) is 11.5 Å². The van der Waals surface area contributed by atoms with Crippen molar-refractivity contribution in [3.63, 3.8) is 0 Å². The second-order valence-corrected chi connectivity index (χ2v) is 3.60. The molecule has 0 aliphatic carbocycles. The topological polar surface area (TPSA) is 98.3 Å². The molecule has 0 fully saturated rings. The van der Waals surface area contributed by atoms with Crippen LogP contribution in [-0.2, 0) is 4.79 Å². The largest absolute Gasteiger partial charge is 0.376 e. The molecule has 0 saturated heterocycles. The van der Waals surface area contributed by atoms with Gasteiger partial charge in [-0.3, -0.25) is 14.9 Å². The number of nitrogens with two attached hydrogens (primary N) is 1. The van der Waals surface area contributed by atoms with E-state index in [1.807, 2.05) is 0 Å². The average molecular weight is 244 g/mol. The Kier molecular flexibility index (Phi) is 3.68. The number of halogens is 1. The van der Waals surface area contributed by atoms with Crippen LogP contribution in [0, 0.1) is 17.0 Å². The lowest BCUT2D eigenvalue weighted by molar-refractivity contribution is -0.384. The van der Waals surface area contributed by atoms with Gasteiger partial charge < -0.3 is 11.1 Å². The SMILES string of the molecule is Cc1cc([N+](=O)[O-])c(Cl)cc1NCC(N)=O. The number of benzene rings is 1. The molecule has 3 N–H and O–H groups in total. The number of nitrogens with zero attached hydrogens (tertiary/aromatic N) is 1. The molecule has 1 aromatic carbocycles. The Bertz CT molecular complexity index is 448. The third kappa shape index (κ3) is 2.83. The van der Waals surface area contributed by atoms with Gasteiger partial charge in [-0.05, 0) is 18.6 Å². The molecular weight excluding hydrogens is 234 g/mol. The van der Waals surface area contributed by atoms with Gasteiger partial charge in [-0.25, -0.2) is 0 Å². The first-order valence-corrected chi connectivity index (χ1v) is 4.76. The molecule has 6 nitrogen and oxygen atoms in total. The highest BCUT2D eigenvalue weighted by atomic mass is 35.5. The number of primary amides is 1. The summed E-state index contributed by atoms with van der Waals surface area (Å²) in [6.07, 6.45) is 0. The van der Waals surface area contributed by atoms with E-state index in [1.165, 1.54) is 12.1 Å². The highest BCUT2D eigenvalue weighted by molar-refractivity contribution is 6.33. The molecule has 0 aliphatic heterocycles. The second kappa shape index (κ2) is 4.80. The Labute approximate surface area is 96.5 Å². The van der Waals surface area contributed by atoms with Crippen LogP contribution in [-0.4, -0.2) is 17.4 Å². The number of rotatable bonds is 4. The van der Waals surface area contributed by atoms with E-state index in [0.717, 1.165) is 0 Å². The van der Waals surface area contributed by atoms with Crippen LogP contribution < -0.4 is 11.1 Å². The Morgan fingerprint density at radius 2 is 2.25 bits per heavy atom. The minimum Gasteiger partial charge on any atom is -0.376 e. The van der Waals surface area contributed by atoms with Gasteiger partial charge in [0, 0.05) is 11.8 Å². The molecule has 1 aromatic rings. The fourth-order valence-electron chi connectivity index (χ4n) is 1.18. The summed E-state index contributed by atoms with van der Waals surface area (Å²) in [5, 5.41) is 13.3. The Morgan fingerprint density at radius 3 is 2.75 bits per heavy atom. The summed E-state index contributed by atoms with van der Waals surface area (Å²) in [5.74, 6) is -0.520. The van der Waals surface area contributed by atoms with Crippen LogP contribution in [0.25, 0.3) is 0 Å². The quantitative estimate of drug-likeness (QED) is 0.618. The van der Waals surface area contributed by atoms with Crippen molar-refractivity contribution in [2.75, 3.05) is 11.9 Å². The predicted octanol–water partition coefficient (Wildman–Crippen LogP) is 1.45. The zero-order valence-electron chi connectivity index (χ0n) is 8.49. The molecule has 0 bridgehead atoms. The molecule has 0 saturated carbocycles. The first kappa shape index (κ1) is 12.3. The van der Waals surface area contributed by atoms with Crippen LogP contribution in [0.2, 0.25) is 5.02 Å².